The van der Waals surface area contributed by atoms with Gasteiger partial charge in [0, 0.05) is 41.9 Å². The summed E-state index contributed by atoms with van der Waals surface area (Å²) in [5.74, 6) is 1.62. The molecule has 26 heavy (non-hydrogen) atoms. The normalized spacial score (nSPS) is 17.7. The molecule has 6 nitrogen and oxygen atoms in total. The van der Waals surface area contributed by atoms with Crippen molar-refractivity contribution in [3.8, 4) is 11.5 Å². The minimum Gasteiger partial charge on any atom is -0.497 e. The van der Waals surface area contributed by atoms with Crippen LogP contribution in [-0.4, -0.2) is 35.0 Å². The smallest absolute Gasteiger partial charge is 0.258 e. The van der Waals surface area contributed by atoms with Crippen LogP contribution in [0.5, 0.6) is 11.5 Å². The highest BCUT2D eigenvalue weighted by Gasteiger charge is 2.29. The summed E-state index contributed by atoms with van der Waals surface area (Å²) < 4.78 is 12.5. The zero-order valence-corrected chi connectivity index (χ0v) is 15.7. The molecule has 3 heterocycles. The number of thiazole rings is 1. The number of hydrogen-bond acceptors (Lipinski definition) is 6. The van der Waals surface area contributed by atoms with E-state index in [1.165, 1.54) is 11.3 Å². The molecule has 7 heteroatoms. The lowest BCUT2D eigenvalue weighted by Gasteiger charge is -2.26. The van der Waals surface area contributed by atoms with E-state index in [4.69, 9.17) is 9.47 Å². The molecule has 1 unspecified atom stereocenters. The van der Waals surface area contributed by atoms with Crippen LogP contribution in [0, 0.1) is 0 Å². The van der Waals surface area contributed by atoms with Crippen LogP contribution in [-0.2, 0) is 6.54 Å². The molecule has 0 saturated carbocycles. The number of benzene rings is 1. The van der Waals surface area contributed by atoms with Gasteiger partial charge in [-0.3, -0.25) is 14.1 Å². The van der Waals surface area contributed by atoms with Crippen LogP contribution >= 0.6 is 11.3 Å². The molecular formula is C19H21N3O3S. The topological polar surface area (TPSA) is 56.1 Å². The lowest BCUT2D eigenvalue weighted by atomic mass is 10.0. The summed E-state index contributed by atoms with van der Waals surface area (Å²) in [4.78, 5) is 20.0. The Morgan fingerprint density at radius 2 is 2.15 bits per heavy atom. The third-order valence-electron chi connectivity index (χ3n) is 4.88. The molecule has 1 aliphatic rings. The van der Waals surface area contributed by atoms with Gasteiger partial charge in [-0.15, -0.1) is 11.3 Å². The van der Waals surface area contributed by atoms with Crippen molar-refractivity contribution in [2.45, 2.75) is 25.4 Å². The van der Waals surface area contributed by atoms with E-state index in [9.17, 15) is 4.79 Å². The summed E-state index contributed by atoms with van der Waals surface area (Å²) >= 11 is 1.48. The van der Waals surface area contributed by atoms with Gasteiger partial charge >= 0.3 is 0 Å². The summed E-state index contributed by atoms with van der Waals surface area (Å²) in [5.41, 5.74) is 1.94. The molecule has 1 aliphatic heterocycles. The fraction of sp³-hybridized carbons (Fsp3) is 0.368. The van der Waals surface area contributed by atoms with Gasteiger partial charge in [-0.1, -0.05) is 6.07 Å². The Morgan fingerprint density at radius 3 is 2.96 bits per heavy atom. The summed E-state index contributed by atoms with van der Waals surface area (Å²) in [7, 11) is 3.34. The Kier molecular flexibility index (Phi) is 4.65. The van der Waals surface area contributed by atoms with Crippen molar-refractivity contribution >= 4 is 16.3 Å². The van der Waals surface area contributed by atoms with E-state index in [-0.39, 0.29) is 11.6 Å². The average Bonchev–Trinajstić information content (AvgIpc) is 3.30. The van der Waals surface area contributed by atoms with Crippen molar-refractivity contribution < 1.29 is 9.47 Å². The molecule has 1 aromatic carbocycles. The number of ether oxygens (including phenoxy) is 2. The third kappa shape index (κ3) is 3.08. The van der Waals surface area contributed by atoms with Gasteiger partial charge in [0.15, 0.2) is 4.96 Å². The van der Waals surface area contributed by atoms with Gasteiger partial charge in [0.1, 0.15) is 11.5 Å². The van der Waals surface area contributed by atoms with Crippen LogP contribution in [0.2, 0.25) is 0 Å². The van der Waals surface area contributed by atoms with Crippen molar-refractivity contribution in [2.75, 3.05) is 20.8 Å². The number of nitrogens with zero attached hydrogens (tertiary/aromatic N) is 3. The molecule has 0 aliphatic carbocycles. The van der Waals surface area contributed by atoms with Gasteiger partial charge in [-0.2, -0.15) is 0 Å². The largest absolute Gasteiger partial charge is 0.497 e. The quantitative estimate of drug-likeness (QED) is 0.690. The predicted octanol–water partition coefficient (Wildman–Crippen LogP) is 3.11. The molecule has 0 bridgehead atoms. The van der Waals surface area contributed by atoms with Crippen molar-refractivity contribution in [1.29, 1.82) is 0 Å². The second-order valence-corrected chi connectivity index (χ2v) is 7.25. The standard InChI is InChI=1S/C19H21N3O3S/c1-24-14-5-6-15(17(11-14)25-2)16-4-3-7-21(16)12-13-10-18(23)22-8-9-26-19(22)20-13/h5-6,8-11,16H,3-4,7,12H2,1-2H3. The van der Waals surface area contributed by atoms with E-state index in [2.05, 4.69) is 16.0 Å². The molecule has 0 amide bonds. The predicted molar refractivity (Wildman–Crippen MR) is 101 cm³/mol. The summed E-state index contributed by atoms with van der Waals surface area (Å²) in [6.45, 7) is 1.63. The third-order valence-corrected chi connectivity index (χ3v) is 5.64. The number of methoxy groups -OCH3 is 2. The maximum Gasteiger partial charge on any atom is 0.258 e. The highest BCUT2D eigenvalue weighted by molar-refractivity contribution is 7.15. The zero-order valence-electron chi connectivity index (χ0n) is 14.8. The Labute approximate surface area is 155 Å². The number of likely N-dealkylation sites (tertiary alicyclic amines) is 1. The molecule has 136 valence electrons. The van der Waals surface area contributed by atoms with E-state index < -0.39 is 0 Å². The van der Waals surface area contributed by atoms with Crippen molar-refractivity contribution in [1.82, 2.24) is 14.3 Å². The van der Waals surface area contributed by atoms with Gasteiger partial charge in [0.05, 0.1) is 19.9 Å². The average molecular weight is 371 g/mol. The first-order valence-corrected chi connectivity index (χ1v) is 9.49. The lowest BCUT2D eigenvalue weighted by molar-refractivity contribution is 0.240. The van der Waals surface area contributed by atoms with Gasteiger partial charge in [0.2, 0.25) is 0 Å². The highest BCUT2D eigenvalue weighted by atomic mass is 32.1. The van der Waals surface area contributed by atoms with Crippen LogP contribution < -0.4 is 15.0 Å². The molecule has 2 aromatic heterocycles. The first kappa shape index (κ1) is 17.1. The Balaban J connectivity index is 1.63. The second-order valence-electron chi connectivity index (χ2n) is 6.38. The van der Waals surface area contributed by atoms with Crippen LogP contribution in [0.1, 0.15) is 30.1 Å². The minimum atomic E-state index is -0.0241. The number of aromatic nitrogens is 2. The fourth-order valence-corrected chi connectivity index (χ4v) is 4.38. The van der Waals surface area contributed by atoms with Crippen LogP contribution in [0.4, 0.5) is 0 Å². The van der Waals surface area contributed by atoms with E-state index in [1.807, 2.05) is 17.5 Å². The Morgan fingerprint density at radius 1 is 1.27 bits per heavy atom. The minimum absolute atomic E-state index is 0.0241. The second kappa shape index (κ2) is 7.09. The van der Waals surface area contributed by atoms with E-state index in [0.29, 0.717) is 6.54 Å². The molecule has 4 rings (SSSR count). The lowest BCUT2D eigenvalue weighted by Crippen LogP contribution is -2.25. The molecule has 1 saturated heterocycles. The number of hydrogen-bond donors (Lipinski definition) is 0. The van der Waals surface area contributed by atoms with Gasteiger partial charge in [-0.05, 0) is 25.5 Å². The maximum absolute atomic E-state index is 12.2. The fourth-order valence-electron chi connectivity index (χ4n) is 3.64. The van der Waals surface area contributed by atoms with Crippen molar-refractivity contribution in [3.05, 3.63) is 57.5 Å². The molecule has 0 spiro atoms. The van der Waals surface area contributed by atoms with Crippen LogP contribution in [0.3, 0.4) is 0 Å². The van der Waals surface area contributed by atoms with E-state index >= 15 is 0 Å². The zero-order chi connectivity index (χ0) is 18.1. The van der Waals surface area contributed by atoms with E-state index in [0.717, 1.165) is 47.1 Å². The Hall–Kier alpha value is -2.38. The van der Waals surface area contributed by atoms with Crippen LogP contribution in [0.15, 0.2) is 40.6 Å². The Bertz CT molecular complexity index is 982. The van der Waals surface area contributed by atoms with Gasteiger partial charge < -0.3 is 9.47 Å². The van der Waals surface area contributed by atoms with Gasteiger partial charge in [-0.25, -0.2) is 4.98 Å². The molecular weight excluding hydrogens is 350 g/mol. The molecule has 0 radical (unpaired) electrons. The molecule has 1 fully saturated rings. The molecule has 1 atom stereocenters. The first-order valence-electron chi connectivity index (χ1n) is 8.61. The summed E-state index contributed by atoms with van der Waals surface area (Å²) in [6, 6.07) is 7.86. The SMILES string of the molecule is COc1ccc(C2CCCN2Cc2cc(=O)n3ccsc3n2)c(OC)c1. The number of fused-ring (bicyclic) bond motifs is 1. The molecule has 3 aromatic rings. The maximum atomic E-state index is 12.2. The van der Waals surface area contributed by atoms with Crippen LogP contribution in [0.25, 0.3) is 4.96 Å². The monoisotopic (exact) mass is 371 g/mol. The number of rotatable bonds is 5. The summed E-state index contributed by atoms with van der Waals surface area (Å²) in [6.07, 6.45) is 3.93. The summed E-state index contributed by atoms with van der Waals surface area (Å²) in [5, 5.41) is 1.88. The van der Waals surface area contributed by atoms with Crippen molar-refractivity contribution in [2.24, 2.45) is 0 Å². The van der Waals surface area contributed by atoms with Crippen molar-refractivity contribution in [3.63, 3.8) is 0 Å². The van der Waals surface area contributed by atoms with Gasteiger partial charge in [0.25, 0.3) is 5.56 Å². The first-order chi connectivity index (χ1) is 12.7. The van der Waals surface area contributed by atoms with E-state index in [1.54, 1.807) is 30.9 Å². The highest BCUT2D eigenvalue weighted by Crippen LogP contribution is 2.39. The molecule has 0 N–H and O–H groups in total.